The maximum atomic E-state index is 13.2. The highest BCUT2D eigenvalue weighted by atomic mass is 79.9. The van der Waals surface area contributed by atoms with Crippen LogP contribution in [0.15, 0.2) is 45.0 Å². The summed E-state index contributed by atoms with van der Waals surface area (Å²) in [6.07, 6.45) is 3.09. The van der Waals surface area contributed by atoms with Crippen LogP contribution in [0.25, 0.3) is 0 Å². The van der Waals surface area contributed by atoms with Gasteiger partial charge in [0.15, 0.2) is 16.6 Å². The SMILES string of the molecule is N=C(Nc1ccc(F)c(Br)c1)c1nonc1SCCn1cncn1. The van der Waals surface area contributed by atoms with Gasteiger partial charge in [0.2, 0.25) is 0 Å². The van der Waals surface area contributed by atoms with Crippen molar-refractivity contribution in [1.82, 2.24) is 25.1 Å². The van der Waals surface area contributed by atoms with E-state index in [1.807, 2.05) is 0 Å². The van der Waals surface area contributed by atoms with Crippen molar-refractivity contribution in [3.8, 4) is 0 Å². The Hall–Kier alpha value is -2.27. The number of thioether (sulfide) groups is 1. The summed E-state index contributed by atoms with van der Waals surface area (Å²) in [7, 11) is 0. The molecule has 11 heteroatoms. The summed E-state index contributed by atoms with van der Waals surface area (Å²) in [5, 5.41) is 23.0. The first kappa shape index (κ1) is 16.6. The number of hydrogen-bond donors (Lipinski definition) is 2. The molecule has 2 heterocycles. The molecule has 2 N–H and O–H groups in total. The summed E-state index contributed by atoms with van der Waals surface area (Å²) >= 11 is 4.49. The second-order valence-electron chi connectivity index (χ2n) is 4.55. The third kappa shape index (κ3) is 3.97. The number of nitrogens with one attached hydrogen (secondary N) is 2. The minimum absolute atomic E-state index is 0.0121. The largest absolute Gasteiger partial charge is 0.339 e. The maximum absolute atomic E-state index is 13.2. The van der Waals surface area contributed by atoms with E-state index in [0.29, 0.717) is 33.2 Å². The van der Waals surface area contributed by atoms with E-state index in [2.05, 4.69) is 41.6 Å². The fourth-order valence-electron chi connectivity index (χ4n) is 1.79. The van der Waals surface area contributed by atoms with E-state index >= 15 is 0 Å². The molecule has 8 nitrogen and oxygen atoms in total. The number of amidine groups is 1. The molecule has 3 aromatic rings. The predicted octanol–water partition coefficient (Wildman–Crippen LogP) is 2.79. The fraction of sp³-hybridized carbons (Fsp3) is 0.154. The Morgan fingerprint density at radius 2 is 2.29 bits per heavy atom. The van der Waals surface area contributed by atoms with Crippen molar-refractivity contribution in [2.75, 3.05) is 11.1 Å². The zero-order chi connectivity index (χ0) is 16.9. The molecule has 124 valence electrons. The molecular weight excluding hydrogens is 401 g/mol. The normalized spacial score (nSPS) is 10.8. The van der Waals surface area contributed by atoms with Gasteiger partial charge in [-0.3, -0.25) is 10.1 Å². The van der Waals surface area contributed by atoms with Crippen molar-refractivity contribution in [3.63, 3.8) is 0 Å². The van der Waals surface area contributed by atoms with Gasteiger partial charge >= 0.3 is 0 Å². The van der Waals surface area contributed by atoms with Crippen LogP contribution in [0.4, 0.5) is 10.1 Å². The average Bonchev–Trinajstić information content (AvgIpc) is 3.22. The smallest absolute Gasteiger partial charge is 0.183 e. The van der Waals surface area contributed by atoms with Crippen LogP contribution < -0.4 is 5.32 Å². The number of hydrogen-bond acceptors (Lipinski definition) is 7. The van der Waals surface area contributed by atoms with E-state index in [1.165, 1.54) is 36.3 Å². The molecule has 0 aliphatic heterocycles. The van der Waals surface area contributed by atoms with E-state index in [9.17, 15) is 4.39 Å². The highest BCUT2D eigenvalue weighted by molar-refractivity contribution is 9.10. The summed E-state index contributed by atoms with van der Waals surface area (Å²) in [4.78, 5) is 3.87. The van der Waals surface area contributed by atoms with Gasteiger partial charge < -0.3 is 5.32 Å². The van der Waals surface area contributed by atoms with Crippen molar-refractivity contribution in [3.05, 3.63) is 46.8 Å². The van der Waals surface area contributed by atoms with Crippen LogP contribution in [0, 0.1) is 11.2 Å². The summed E-state index contributed by atoms with van der Waals surface area (Å²) in [6.45, 7) is 0.642. The number of nitrogens with zero attached hydrogens (tertiary/aromatic N) is 5. The number of benzene rings is 1. The van der Waals surface area contributed by atoms with E-state index in [1.54, 1.807) is 11.0 Å². The van der Waals surface area contributed by atoms with Gasteiger partial charge in [-0.2, -0.15) is 5.10 Å². The monoisotopic (exact) mass is 411 g/mol. The molecule has 0 saturated carbocycles. The van der Waals surface area contributed by atoms with Gasteiger partial charge in [-0.05, 0) is 44.4 Å². The van der Waals surface area contributed by atoms with Gasteiger partial charge in [0.05, 0.1) is 11.0 Å². The predicted molar refractivity (Wildman–Crippen MR) is 89.6 cm³/mol. The van der Waals surface area contributed by atoms with Crippen molar-refractivity contribution in [1.29, 1.82) is 5.41 Å². The summed E-state index contributed by atoms with van der Waals surface area (Å²) < 4.78 is 20.0. The zero-order valence-corrected chi connectivity index (χ0v) is 14.5. The van der Waals surface area contributed by atoms with E-state index in [4.69, 9.17) is 10.0 Å². The summed E-state index contributed by atoms with van der Waals surface area (Å²) in [5.41, 5.74) is 0.842. The Bertz CT molecular complexity index is 839. The van der Waals surface area contributed by atoms with Crippen LogP contribution in [0.1, 0.15) is 5.69 Å². The lowest BCUT2D eigenvalue weighted by atomic mass is 10.3. The fourth-order valence-corrected chi connectivity index (χ4v) is 3.00. The topological polar surface area (TPSA) is 106 Å². The maximum Gasteiger partial charge on any atom is 0.183 e. The highest BCUT2D eigenvalue weighted by Gasteiger charge is 2.16. The Labute approximate surface area is 148 Å². The number of rotatable bonds is 6. The van der Waals surface area contributed by atoms with Gasteiger partial charge in [-0.15, -0.1) is 0 Å². The Morgan fingerprint density at radius 1 is 1.42 bits per heavy atom. The van der Waals surface area contributed by atoms with Gasteiger partial charge in [0.25, 0.3) is 0 Å². The molecule has 0 bridgehead atoms. The number of aryl methyl sites for hydroxylation is 1. The highest BCUT2D eigenvalue weighted by Crippen LogP contribution is 2.23. The first-order valence-electron chi connectivity index (χ1n) is 6.72. The van der Waals surface area contributed by atoms with Gasteiger partial charge in [-0.1, -0.05) is 11.8 Å². The van der Waals surface area contributed by atoms with Crippen molar-refractivity contribution in [2.24, 2.45) is 0 Å². The molecule has 0 fully saturated rings. The van der Waals surface area contributed by atoms with Crippen LogP contribution in [-0.4, -0.2) is 36.7 Å². The molecule has 3 rings (SSSR count). The molecule has 1 aromatic carbocycles. The summed E-state index contributed by atoms with van der Waals surface area (Å²) in [5.74, 6) is 0.303. The lowest BCUT2D eigenvalue weighted by Gasteiger charge is -2.07. The van der Waals surface area contributed by atoms with Crippen molar-refractivity contribution < 1.29 is 9.02 Å². The Kier molecular flexibility index (Phi) is 5.20. The molecule has 0 radical (unpaired) electrons. The lowest BCUT2D eigenvalue weighted by molar-refractivity contribution is 0.298. The van der Waals surface area contributed by atoms with Gasteiger partial charge in [0, 0.05) is 11.4 Å². The summed E-state index contributed by atoms with van der Waals surface area (Å²) in [6, 6.07) is 4.36. The molecule has 0 saturated heterocycles. The average molecular weight is 412 g/mol. The van der Waals surface area contributed by atoms with Crippen LogP contribution >= 0.6 is 27.7 Å². The third-order valence-electron chi connectivity index (χ3n) is 2.91. The minimum atomic E-state index is -0.375. The van der Waals surface area contributed by atoms with Crippen LogP contribution in [0.3, 0.4) is 0 Å². The first-order chi connectivity index (χ1) is 11.6. The molecule has 24 heavy (non-hydrogen) atoms. The number of halogens is 2. The van der Waals surface area contributed by atoms with Gasteiger partial charge in [0.1, 0.15) is 18.5 Å². The second-order valence-corrected chi connectivity index (χ2v) is 6.49. The van der Waals surface area contributed by atoms with Crippen LogP contribution in [-0.2, 0) is 6.54 Å². The number of anilines is 1. The molecular formula is C13H11BrFN7OS. The quantitative estimate of drug-likeness (QED) is 0.364. The second kappa shape index (κ2) is 7.53. The third-order valence-corrected chi connectivity index (χ3v) is 4.45. The van der Waals surface area contributed by atoms with Crippen molar-refractivity contribution >= 4 is 39.2 Å². The van der Waals surface area contributed by atoms with Crippen molar-refractivity contribution in [2.45, 2.75) is 11.6 Å². The standard InChI is InChI=1S/C13H11BrFN7OS/c14-9-5-8(1-2-10(9)15)19-12(16)11-13(21-23-20-11)24-4-3-22-7-17-6-18-22/h1-2,5-7H,3-4H2,(H2,16,19). The zero-order valence-electron chi connectivity index (χ0n) is 12.1. The number of aromatic nitrogens is 5. The Morgan fingerprint density at radius 3 is 3.04 bits per heavy atom. The molecule has 0 aliphatic carbocycles. The molecule has 0 aliphatic rings. The van der Waals surface area contributed by atoms with E-state index in [0.717, 1.165) is 0 Å². The van der Waals surface area contributed by atoms with Crippen LogP contribution in [0.2, 0.25) is 0 Å². The molecule has 0 spiro atoms. The Balaban J connectivity index is 1.62. The van der Waals surface area contributed by atoms with Crippen LogP contribution in [0.5, 0.6) is 0 Å². The molecule has 0 unspecified atom stereocenters. The first-order valence-corrected chi connectivity index (χ1v) is 8.50. The van der Waals surface area contributed by atoms with E-state index < -0.39 is 0 Å². The molecule has 0 amide bonds. The van der Waals surface area contributed by atoms with E-state index in [-0.39, 0.29) is 11.7 Å². The van der Waals surface area contributed by atoms with Gasteiger partial charge in [-0.25, -0.2) is 14.0 Å². The molecule has 2 aromatic heterocycles. The minimum Gasteiger partial charge on any atom is -0.339 e. The molecule has 0 atom stereocenters. The lowest BCUT2D eigenvalue weighted by Crippen LogP contribution is -2.13.